The number of carbonyl (C=O) groups is 1. The van der Waals surface area contributed by atoms with Gasteiger partial charge < -0.3 is 0 Å². The Morgan fingerprint density at radius 2 is 1.79 bits per heavy atom. The third-order valence-corrected chi connectivity index (χ3v) is 5.37. The SMILES string of the molecule is CC(C)(C)[C@@H](C=O)[Se]c1ccccc1. The molecule has 0 aromatic heterocycles. The van der Waals surface area contributed by atoms with E-state index in [0.717, 1.165) is 6.29 Å². The van der Waals surface area contributed by atoms with Crippen LogP contribution in [0.2, 0.25) is 4.82 Å². The third kappa shape index (κ3) is 3.28. The second-order valence-corrected chi connectivity index (χ2v) is 6.90. The molecule has 14 heavy (non-hydrogen) atoms. The molecule has 0 saturated heterocycles. The van der Waals surface area contributed by atoms with Gasteiger partial charge >= 0.3 is 91.8 Å². The molecular formula is C12H16OSe. The van der Waals surface area contributed by atoms with Crippen LogP contribution in [0.25, 0.3) is 0 Å². The van der Waals surface area contributed by atoms with E-state index in [4.69, 9.17) is 0 Å². The van der Waals surface area contributed by atoms with E-state index in [1.165, 1.54) is 4.46 Å². The Bertz CT molecular complexity index is 287. The van der Waals surface area contributed by atoms with Gasteiger partial charge in [0.15, 0.2) is 0 Å². The number of carbonyl (C=O) groups excluding carboxylic acids is 1. The van der Waals surface area contributed by atoms with Crippen LogP contribution in [0.15, 0.2) is 30.3 Å². The summed E-state index contributed by atoms with van der Waals surface area (Å²) < 4.78 is 1.30. The molecule has 0 N–H and O–H groups in total. The van der Waals surface area contributed by atoms with E-state index in [-0.39, 0.29) is 25.2 Å². The molecule has 0 fully saturated rings. The predicted octanol–water partition coefficient (Wildman–Crippen LogP) is 2.05. The molecule has 76 valence electrons. The molecule has 1 aromatic rings. The fourth-order valence-electron chi connectivity index (χ4n) is 1.05. The summed E-state index contributed by atoms with van der Waals surface area (Å²) in [6, 6.07) is 10.3. The van der Waals surface area contributed by atoms with Crippen LogP contribution in [-0.4, -0.2) is 21.2 Å². The zero-order valence-corrected chi connectivity index (χ0v) is 10.6. The summed E-state index contributed by atoms with van der Waals surface area (Å²) in [5.41, 5.74) is 0.0809. The molecule has 1 rings (SSSR count). The molecule has 1 aromatic carbocycles. The first-order valence-electron chi connectivity index (χ1n) is 4.71. The van der Waals surface area contributed by atoms with Crippen molar-refractivity contribution in [3.05, 3.63) is 30.3 Å². The van der Waals surface area contributed by atoms with E-state index in [1.54, 1.807) is 0 Å². The molecule has 0 bridgehead atoms. The Labute approximate surface area is 92.1 Å². The van der Waals surface area contributed by atoms with Crippen LogP contribution < -0.4 is 4.46 Å². The van der Waals surface area contributed by atoms with Crippen LogP contribution >= 0.6 is 0 Å². The number of rotatable bonds is 3. The Morgan fingerprint density at radius 3 is 2.21 bits per heavy atom. The Kier molecular flexibility index (Phi) is 3.91. The van der Waals surface area contributed by atoms with Crippen molar-refractivity contribution < 1.29 is 4.79 Å². The van der Waals surface area contributed by atoms with Gasteiger partial charge in [0, 0.05) is 0 Å². The van der Waals surface area contributed by atoms with Crippen molar-refractivity contribution in [1.29, 1.82) is 0 Å². The molecule has 0 unspecified atom stereocenters. The minimum atomic E-state index is 0.0809. The second-order valence-electron chi connectivity index (χ2n) is 4.35. The zero-order valence-electron chi connectivity index (χ0n) is 8.86. The van der Waals surface area contributed by atoms with Crippen molar-refractivity contribution in [1.82, 2.24) is 0 Å². The predicted molar refractivity (Wildman–Crippen MR) is 61.1 cm³/mol. The average Bonchev–Trinajstić information content (AvgIpc) is 2.14. The molecule has 0 aliphatic heterocycles. The molecule has 0 aliphatic carbocycles. The van der Waals surface area contributed by atoms with E-state index in [9.17, 15) is 4.79 Å². The van der Waals surface area contributed by atoms with Gasteiger partial charge in [-0.1, -0.05) is 0 Å². The summed E-state index contributed by atoms with van der Waals surface area (Å²) in [4.78, 5) is 11.1. The normalized spacial score (nSPS) is 13.6. The Hall–Kier alpha value is -0.591. The molecule has 0 saturated carbocycles. The molecule has 0 amide bonds. The topological polar surface area (TPSA) is 17.1 Å². The molecule has 1 atom stereocenters. The quantitative estimate of drug-likeness (QED) is 0.596. The van der Waals surface area contributed by atoms with E-state index in [1.807, 2.05) is 18.2 Å². The number of benzene rings is 1. The van der Waals surface area contributed by atoms with Gasteiger partial charge in [-0.2, -0.15) is 0 Å². The summed E-state index contributed by atoms with van der Waals surface area (Å²) in [5.74, 6) is 0. The van der Waals surface area contributed by atoms with E-state index >= 15 is 0 Å². The van der Waals surface area contributed by atoms with Crippen LogP contribution in [0.3, 0.4) is 0 Å². The monoisotopic (exact) mass is 256 g/mol. The molecule has 0 aliphatic rings. The van der Waals surface area contributed by atoms with Crippen molar-refractivity contribution in [3.8, 4) is 0 Å². The van der Waals surface area contributed by atoms with Crippen LogP contribution in [0.4, 0.5) is 0 Å². The van der Waals surface area contributed by atoms with Gasteiger partial charge in [0.05, 0.1) is 0 Å². The molecule has 0 heterocycles. The third-order valence-electron chi connectivity index (χ3n) is 1.98. The van der Waals surface area contributed by atoms with Crippen LogP contribution in [0.5, 0.6) is 0 Å². The van der Waals surface area contributed by atoms with Crippen molar-refractivity contribution >= 4 is 25.7 Å². The summed E-state index contributed by atoms with van der Waals surface area (Å²) in [6.07, 6.45) is 1.10. The number of hydrogen-bond donors (Lipinski definition) is 0. The fourth-order valence-corrected chi connectivity index (χ4v) is 3.19. The van der Waals surface area contributed by atoms with Gasteiger partial charge in [-0.3, -0.25) is 0 Å². The van der Waals surface area contributed by atoms with Gasteiger partial charge in [-0.25, -0.2) is 0 Å². The van der Waals surface area contributed by atoms with E-state index in [0.29, 0.717) is 0 Å². The minimum absolute atomic E-state index is 0.0809. The van der Waals surface area contributed by atoms with E-state index < -0.39 is 0 Å². The fraction of sp³-hybridized carbons (Fsp3) is 0.417. The van der Waals surface area contributed by atoms with Gasteiger partial charge in [-0.05, 0) is 0 Å². The van der Waals surface area contributed by atoms with Gasteiger partial charge in [0.1, 0.15) is 0 Å². The number of aldehydes is 1. The Balaban J connectivity index is 2.72. The maximum absolute atomic E-state index is 11.0. The van der Waals surface area contributed by atoms with Crippen molar-refractivity contribution in [3.63, 3.8) is 0 Å². The summed E-state index contributed by atoms with van der Waals surface area (Å²) in [5, 5.41) is 0. The molecule has 1 nitrogen and oxygen atoms in total. The van der Waals surface area contributed by atoms with Gasteiger partial charge in [-0.15, -0.1) is 0 Å². The van der Waals surface area contributed by atoms with Crippen LogP contribution in [0, 0.1) is 5.41 Å². The first-order chi connectivity index (χ1) is 6.54. The first-order valence-corrected chi connectivity index (χ1v) is 6.55. The van der Waals surface area contributed by atoms with E-state index in [2.05, 4.69) is 32.9 Å². The molecule has 2 heteroatoms. The van der Waals surface area contributed by atoms with Gasteiger partial charge in [0.25, 0.3) is 0 Å². The first kappa shape index (κ1) is 11.5. The van der Waals surface area contributed by atoms with Crippen molar-refractivity contribution in [2.75, 3.05) is 0 Å². The summed E-state index contributed by atoms with van der Waals surface area (Å²) in [6.45, 7) is 6.37. The molecule has 0 radical (unpaired) electrons. The van der Waals surface area contributed by atoms with Gasteiger partial charge in [0.2, 0.25) is 0 Å². The molecule has 0 spiro atoms. The van der Waals surface area contributed by atoms with Crippen molar-refractivity contribution in [2.45, 2.75) is 25.6 Å². The second kappa shape index (κ2) is 4.77. The number of hydrogen-bond acceptors (Lipinski definition) is 1. The average molecular weight is 255 g/mol. The maximum atomic E-state index is 11.0. The summed E-state index contributed by atoms with van der Waals surface area (Å²) in [7, 11) is 0. The van der Waals surface area contributed by atoms with Crippen LogP contribution in [-0.2, 0) is 4.79 Å². The van der Waals surface area contributed by atoms with Crippen molar-refractivity contribution in [2.24, 2.45) is 5.41 Å². The summed E-state index contributed by atoms with van der Waals surface area (Å²) >= 11 is 0.251. The molecular weight excluding hydrogens is 239 g/mol. The zero-order chi connectivity index (χ0) is 10.6. The standard InChI is InChI=1S/C12H16OSe/c1-12(2,3)11(9-13)14-10-7-5-4-6-8-10/h4-9,11H,1-3H3/t11-/m1/s1. The van der Waals surface area contributed by atoms with Crippen LogP contribution in [0.1, 0.15) is 20.8 Å². The Morgan fingerprint density at radius 1 is 1.21 bits per heavy atom.